The van der Waals surface area contributed by atoms with Gasteiger partial charge >= 0.3 is 5.97 Å². The zero-order chi connectivity index (χ0) is 16.4. The van der Waals surface area contributed by atoms with Crippen LogP contribution in [0.5, 0.6) is 0 Å². The highest BCUT2D eigenvalue weighted by Gasteiger charge is 2.24. The predicted octanol–water partition coefficient (Wildman–Crippen LogP) is 1.65. The third kappa shape index (κ3) is 7.60. The number of hydrogen-bond donors (Lipinski definition) is 3. The standard InChI is InChI=1S/C16H30O5/c1-11(2)13(4)16(20)21-15(10-19)14(9-18)7-5-6-12(3)8-17/h12,14-15,17-19H,5-10H2,1-4H3. The molecule has 3 N–H and O–H groups in total. The Morgan fingerprint density at radius 3 is 2.05 bits per heavy atom. The van der Waals surface area contributed by atoms with Crippen molar-refractivity contribution in [3.63, 3.8) is 0 Å². The molecule has 0 rings (SSSR count). The lowest BCUT2D eigenvalue weighted by Gasteiger charge is -2.24. The molecule has 0 spiro atoms. The molecular formula is C16H30O5. The van der Waals surface area contributed by atoms with Gasteiger partial charge in [0.15, 0.2) is 0 Å². The third-order valence-corrected chi connectivity index (χ3v) is 3.84. The summed E-state index contributed by atoms with van der Waals surface area (Å²) in [6.45, 7) is 6.98. The van der Waals surface area contributed by atoms with Gasteiger partial charge in [-0.25, -0.2) is 4.79 Å². The molecule has 0 aliphatic heterocycles. The molecule has 124 valence electrons. The smallest absolute Gasteiger partial charge is 0.334 e. The van der Waals surface area contributed by atoms with Crippen LogP contribution in [0.2, 0.25) is 0 Å². The molecule has 21 heavy (non-hydrogen) atoms. The van der Waals surface area contributed by atoms with E-state index in [1.807, 2.05) is 20.8 Å². The summed E-state index contributed by atoms with van der Waals surface area (Å²) in [7, 11) is 0. The van der Waals surface area contributed by atoms with Gasteiger partial charge in [0.2, 0.25) is 0 Å². The molecule has 3 unspecified atom stereocenters. The minimum Gasteiger partial charge on any atom is -0.456 e. The number of ether oxygens (including phenoxy) is 1. The van der Waals surface area contributed by atoms with Gasteiger partial charge in [0.05, 0.1) is 6.61 Å². The maximum Gasteiger partial charge on any atom is 0.334 e. The summed E-state index contributed by atoms with van der Waals surface area (Å²) in [5, 5.41) is 27.8. The van der Waals surface area contributed by atoms with Crippen molar-refractivity contribution in [1.82, 2.24) is 0 Å². The van der Waals surface area contributed by atoms with Crippen molar-refractivity contribution in [2.24, 2.45) is 11.8 Å². The molecule has 0 bridgehead atoms. The van der Waals surface area contributed by atoms with Gasteiger partial charge in [0.25, 0.3) is 0 Å². The maximum absolute atomic E-state index is 11.9. The molecule has 0 aromatic heterocycles. The first-order valence-corrected chi connectivity index (χ1v) is 7.54. The second kappa shape index (κ2) is 10.8. The van der Waals surface area contributed by atoms with E-state index >= 15 is 0 Å². The molecule has 0 aliphatic rings. The van der Waals surface area contributed by atoms with Crippen LogP contribution in [0.3, 0.4) is 0 Å². The number of aliphatic hydroxyl groups excluding tert-OH is 3. The van der Waals surface area contributed by atoms with E-state index in [0.29, 0.717) is 12.0 Å². The maximum atomic E-state index is 11.9. The second-order valence-electron chi connectivity index (χ2n) is 5.91. The Hall–Kier alpha value is -0.910. The van der Waals surface area contributed by atoms with Crippen LogP contribution in [0.1, 0.15) is 47.0 Å². The predicted molar refractivity (Wildman–Crippen MR) is 81.7 cm³/mol. The Labute approximate surface area is 127 Å². The fraction of sp³-hybridized carbons (Fsp3) is 0.812. The fourth-order valence-electron chi connectivity index (χ4n) is 1.93. The van der Waals surface area contributed by atoms with E-state index in [2.05, 4.69) is 0 Å². The summed E-state index contributed by atoms with van der Waals surface area (Å²) in [6.07, 6.45) is 1.60. The molecule has 0 radical (unpaired) electrons. The number of carbonyl (C=O) groups excluding carboxylic acids is 1. The molecule has 0 aliphatic carbocycles. The minimum absolute atomic E-state index is 0.139. The molecule has 5 nitrogen and oxygen atoms in total. The van der Waals surface area contributed by atoms with Gasteiger partial charge in [-0.05, 0) is 39.5 Å². The van der Waals surface area contributed by atoms with E-state index < -0.39 is 12.1 Å². The Morgan fingerprint density at radius 2 is 1.62 bits per heavy atom. The molecule has 0 amide bonds. The van der Waals surface area contributed by atoms with Crippen LogP contribution in [0.4, 0.5) is 0 Å². The molecule has 5 heteroatoms. The third-order valence-electron chi connectivity index (χ3n) is 3.84. The second-order valence-corrected chi connectivity index (χ2v) is 5.91. The molecule has 0 saturated carbocycles. The summed E-state index contributed by atoms with van der Waals surface area (Å²) < 4.78 is 5.30. The monoisotopic (exact) mass is 302 g/mol. The highest BCUT2D eigenvalue weighted by Crippen LogP contribution is 2.19. The highest BCUT2D eigenvalue weighted by molar-refractivity contribution is 5.88. The highest BCUT2D eigenvalue weighted by atomic mass is 16.6. The van der Waals surface area contributed by atoms with Crippen LogP contribution in [0.25, 0.3) is 0 Å². The SMILES string of the molecule is CC(C)=C(C)C(=O)OC(CO)C(CO)CCCC(C)CO. The van der Waals surface area contributed by atoms with Crippen molar-refractivity contribution >= 4 is 5.97 Å². The number of esters is 1. The normalized spacial score (nSPS) is 15.2. The topological polar surface area (TPSA) is 87.0 Å². The summed E-state index contributed by atoms with van der Waals surface area (Å²) in [6, 6.07) is 0. The first-order chi connectivity index (χ1) is 9.87. The molecule has 0 heterocycles. The lowest BCUT2D eigenvalue weighted by Crippen LogP contribution is -2.33. The largest absolute Gasteiger partial charge is 0.456 e. The van der Waals surface area contributed by atoms with Crippen LogP contribution >= 0.6 is 0 Å². The van der Waals surface area contributed by atoms with Gasteiger partial charge in [-0.15, -0.1) is 0 Å². The molecule has 0 saturated heterocycles. The number of allylic oxidation sites excluding steroid dienone is 1. The molecule has 0 aromatic carbocycles. The number of carbonyl (C=O) groups is 1. The minimum atomic E-state index is -0.693. The van der Waals surface area contributed by atoms with Crippen molar-refractivity contribution in [3.05, 3.63) is 11.1 Å². The van der Waals surface area contributed by atoms with E-state index in [4.69, 9.17) is 9.84 Å². The van der Waals surface area contributed by atoms with Gasteiger partial charge in [-0.1, -0.05) is 18.9 Å². The van der Waals surface area contributed by atoms with E-state index in [-0.39, 0.29) is 31.7 Å². The first-order valence-electron chi connectivity index (χ1n) is 7.54. The van der Waals surface area contributed by atoms with Crippen molar-refractivity contribution in [3.8, 4) is 0 Å². The van der Waals surface area contributed by atoms with Gasteiger partial charge in [0.1, 0.15) is 6.10 Å². The Balaban J connectivity index is 4.52. The summed E-state index contributed by atoms with van der Waals surface area (Å²) in [5.41, 5.74) is 1.40. The lowest BCUT2D eigenvalue weighted by atomic mass is 9.94. The molecule has 0 fully saturated rings. The average molecular weight is 302 g/mol. The number of hydrogen-bond acceptors (Lipinski definition) is 5. The van der Waals surface area contributed by atoms with Crippen LogP contribution in [0.15, 0.2) is 11.1 Å². The van der Waals surface area contributed by atoms with Gasteiger partial charge in [-0.2, -0.15) is 0 Å². The van der Waals surface area contributed by atoms with Gasteiger partial charge in [0, 0.05) is 24.7 Å². The van der Waals surface area contributed by atoms with E-state index in [1.54, 1.807) is 6.92 Å². The first kappa shape index (κ1) is 20.1. The Bertz CT molecular complexity index is 334. The van der Waals surface area contributed by atoms with Crippen molar-refractivity contribution < 1.29 is 24.9 Å². The van der Waals surface area contributed by atoms with Crippen LogP contribution < -0.4 is 0 Å². The van der Waals surface area contributed by atoms with Crippen molar-refractivity contribution in [1.29, 1.82) is 0 Å². The van der Waals surface area contributed by atoms with Crippen LogP contribution in [-0.4, -0.2) is 47.2 Å². The lowest BCUT2D eigenvalue weighted by molar-refractivity contribution is -0.150. The number of rotatable bonds is 10. The quantitative estimate of drug-likeness (QED) is 0.422. The van der Waals surface area contributed by atoms with E-state index in [1.165, 1.54) is 0 Å². The summed E-state index contributed by atoms with van der Waals surface area (Å²) >= 11 is 0. The summed E-state index contributed by atoms with van der Waals surface area (Å²) in [4.78, 5) is 11.9. The van der Waals surface area contributed by atoms with Crippen molar-refractivity contribution in [2.75, 3.05) is 19.8 Å². The summed E-state index contributed by atoms with van der Waals surface area (Å²) in [5.74, 6) is -0.515. The Kier molecular flexibility index (Phi) is 10.3. The molecule has 3 atom stereocenters. The zero-order valence-electron chi connectivity index (χ0n) is 13.6. The van der Waals surface area contributed by atoms with Crippen LogP contribution in [0, 0.1) is 11.8 Å². The zero-order valence-corrected chi connectivity index (χ0v) is 13.6. The number of aliphatic hydroxyl groups is 3. The van der Waals surface area contributed by atoms with Gasteiger partial charge < -0.3 is 20.1 Å². The van der Waals surface area contributed by atoms with E-state index in [9.17, 15) is 15.0 Å². The van der Waals surface area contributed by atoms with Gasteiger partial charge in [-0.3, -0.25) is 0 Å². The van der Waals surface area contributed by atoms with E-state index in [0.717, 1.165) is 18.4 Å². The van der Waals surface area contributed by atoms with Crippen LogP contribution in [-0.2, 0) is 9.53 Å². The average Bonchev–Trinajstić information content (AvgIpc) is 2.48. The van der Waals surface area contributed by atoms with Crippen molar-refractivity contribution in [2.45, 2.75) is 53.1 Å². The fourth-order valence-corrected chi connectivity index (χ4v) is 1.93. The molecular weight excluding hydrogens is 272 g/mol. The Morgan fingerprint density at radius 1 is 1.00 bits per heavy atom. The molecule has 0 aromatic rings.